The highest BCUT2D eigenvalue weighted by molar-refractivity contribution is 5.82. The summed E-state index contributed by atoms with van der Waals surface area (Å²) >= 11 is 0. The molecular formula is C18H23F3N2O2. The van der Waals surface area contributed by atoms with Gasteiger partial charge in [-0.05, 0) is 38.2 Å². The number of alkyl halides is 3. The van der Waals surface area contributed by atoms with Gasteiger partial charge in [0.25, 0.3) is 0 Å². The molecule has 1 aliphatic rings. The molecular weight excluding hydrogens is 333 g/mol. The van der Waals surface area contributed by atoms with Gasteiger partial charge in [-0.2, -0.15) is 13.2 Å². The molecule has 2 aromatic rings. The predicted molar refractivity (Wildman–Crippen MR) is 88.6 cm³/mol. The van der Waals surface area contributed by atoms with E-state index >= 15 is 0 Å². The van der Waals surface area contributed by atoms with Crippen LogP contribution >= 0.6 is 0 Å². The third-order valence-electron chi connectivity index (χ3n) is 4.66. The fourth-order valence-corrected chi connectivity index (χ4v) is 3.29. The molecule has 4 nitrogen and oxygen atoms in total. The zero-order valence-corrected chi connectivity index (χ0v) is 14.6. The standard InChI is InChI=1S/C18H23F3N2O2/c1-11(2)4-5-25-13-6-14(18(19,20)21)16-15(7-13)22-10-23(16)12-8-17(3,24)9-12/h6-7,10-12,24H,4-5,8-9H2,1-3H3/t12-,17+. The third kappa shape index (κ3) is 3.76. The Morgan fingerprint density at radius 3 is 2.60 bits per heavy atom. The van der Waals surface area contributed by atoms with E-state index in [4.69, 9.17) is 4.74 Å². The molecule has 1 saturated carbocycles. The molecule has 1 aliphatic carbocycles. The first-order valence-corrected chi connectivity index (χ1v) is 8.50. The van der Waals surface area contributed by atoms with E-state index in [1.165, 1.54) is 10.9 Å². The van der Waals surface area contributed by atoms with Crippen LogP contribution in [0.15, 0.2) is 18.5 Å². The molecule has 0 bridgehead atoms. The van der Waals surface area contributed by atoms with E-state index in [0.717, 1.165) is 12.5 Å². The zero-order valence-electron chi connectivity index (χ0n) is 14.6. The minimum absolute atomic E-state index is 0.0595. The first kappa shape index (κ1) is 18.0. The van der Waals surface area contributed by atoms with Crippen LogP contribution in [0, 0.1) is 5.92 Å². The lowest BCUT2D eigenvalue weighted by Crippen LogP contribution is -2.41. The number of fused-ring (bicyclic) bond motifs is 1. The Morgan fingerprint density at radius 1 is 1.36 bits per heavy atom. The Kier molecular flexibility index (Phi) is 4.47. The topological polar surface area (TPSA) is 47.3 Å². The Balaban J connectivity index is 1.97. The van der Waals surface area contributed by atoms with Crippen LogP contribution in [0.1, 0.15) is 51.6 Å². The van der Waals surface area contributed by atoms with Crippen LogP contribution in [0.2, 0.25) is 0 Å². The number of aliphatic hydroxyl groups is 1. The Bertz CT molecular complexity index is 758. The van der Waals surface area contributed by atoms with Crippen molar-refractivity contribution in [3.8, 4) is 5.75 Å². The van der Waals surface area contributed by atoms with Crippen LogP contribution in [0.4, 0.5) is 13.2 Å². The Hall–Kier alpha value is -1.76. The highest BCUT2D eigenvalue weighted by Crippen LogP contribution is 2.45. The summed E-state index contributed by atoms with van der Waals surface area (Å²) in [6, 6.07) is 2.43. The highest BCUT2D eigenvalue weighted by atomic mass is 19.4. The maximum absolute atomic E-state index is 13.6. The van der Waals surface area contributed by atoms with Gasteiger partial charge in [0.15, 0.2) is 0 Å². The van der Waals surface area contributed by atoms with Crippen LogP contribution < -0.4 is 4.74 Å². The molecule has 0 saturated heterocycles. The molecule has 1 N–H and O–H groups in total. The molecule has 1 aromatic heterocycles. The van der Waals surface area contributed by atoms with Gasteiger partial charge in [-0.3, -0.25) is 0 Å². The average molecular weight is 356 g/mol. The molecule has 25 heavy (non-hydrogen) atoms. The van der Waals surface area contributed by atoms with E-state index in [1.54, 1.807) is 13.0 Å². The number of benzene rings is 1. The van der Waals surface area contributed by atoms with Crippen molar-refractivity contribution in [2.75, 3.05) is 6.61 Å². The SMILES string of the molecule is CC(C)CCOc1cc(C(F)(F)F)c2c(c1)ncn2[C@H]1C[C@@](C)(O)C1. The zero-order chi connectivity index (χ0) is 18.4. The van der Waals surface area contributed by atoms with Gasteiger partial charge in [-0.1, -0.05) is 13.8 Å². The number of hydrogen-bond acceptors (Lipinski definition) is 3. The summed E-state index contributed by atoms with van der Waals surface area (Å²) in [5, 5.41) is 9.89. The van der Waals surface area contributed by atoms with Crippen molar-refractivity contribution in [1.82, 2.24) is 9.55 Å². The fraction of sp³-hybridized carbons (Fsp3) is 0.611. The summed E-state index contributed by atoms with van der Waals surface area (Å²) in [4.78, 5) is 4.15. The quantitative estimate of drug-likeness (QED) is 0.854. The number of hydrogen-bond donors (Lipinski definition) is 1. The van der Waals surface area contributed by atoms with E-state index in [-0.39, 0.29) is 22.8 Å². The van der Waals surface area contributed by atoms with Crippen LogP contribution in [0.25, 0.3) is 11.0 Å². The lowest BCUT2D eigenvalue weighted by molar-refractivity contribution is -0.136. The lowest BCUT2D eigenvalue weighted by atomic mass is 9.77. The monoisotopic (exact) mass is 356 g/mol. The Morgan fingerprint density at radius 2 is 2.04 bits per heavy atom. The van der Waals surface area contributed by atoms with E-state index in [9.17, 15) is 18.3 Å². The van der Waals surface area contributed by atoms with Crippen molar-refractivity contribution in [3.05, 3.63) is 24.0 Å². The van der Waals surface area contributed by atoms with Gasteiger partial charge < -0.3 is 14.4 Å². The molecule has 0 spiro atoms. The van der Waals surface area contributed by atoms with E-state index in [0.29, 0.717) is 25.4 Å². The highest BCUT2D eigenvalue weighted by Gasteiger charge is 2.42. The van der Waals surface area contributed by atoms with Crippen molar-refractivity contribution in [2.45, 2.75) is 57.9 Å². The molecule has 0 unspecified atom stereocenters. The van der Waals surface area contributed by atoms with Crippen molar-refractivity contribution in [2.24, 2.45) is 5.92 Å². The minimum atomic E-state index is -4.50. The second-order valence-corrected chi connectivity index (χ2v) is 7.58. The molecule has 0 atom stereocenters. The van der Waals surface area contributed by atoms with Gasteiger partial charge in [-0.15, -0.1) is 0 Å². The summed E-state index contributed by atoms with van der Waals surface area (Å²) in [6.45, 7) is 6.12. The smallest absolute Gasteiger partial charge is 0.418 e. The molecule has 7 heteroatoms. The number of imidazole rings is 1. The summed E-state index contributed by atoms with van der Waals surface area (Å²) in [5.41, 5.74) is -1.24. The second-order valence-electron chi connectivity index (χ2n) is 7.58. The summed E-state index contributed by atoms with van der Waals surface area (Å²) < 4.78 is 47.8. The number of rotatable bonds is 5. The van der Waals surface area contributed by atoms with Gasteiger partial charge in [0, 0.05) is 12.1 Å². The number of nitrogens with zero attached hydrogens (tertiary/aromatic N) is 2. The summed E-state index contributed by atoms with van der Waals surface area (Å²) in [6.07, 6.45) is -1.47. The van der Waals surface area contributed by atoms with Crippen molar-refractivity contribution >= 4 is 11.0 Å². The molecule has 138 valence electrons. The normalized spacial score (nSPS) is 23.9. The summed E-state index contributed by atoms with van der Waals surface area (Å²) in [5.74, 6) is 0.600. The van der Waals surface area contributed by atoms with E-state index in [1.807, 2.05) is 13.8 Å². The lowest BCUT2D eigenvalue weighted by Gasteiger charge is -2.41. The van der Waals surface area contributed by atoms with Gasteiger partial charge in [0.2, 0.25) is 0 Å². The van der Waals surface area contributed by atoms with E-state index < -0.39 is 17.3 Å². The van der Waals surface area contributed by atoms with Crippen LogP contribution in [0.5, 0.6) is 5.75 Å². The fourth-order valence-electron chi connectivity index (χ4n) is 3.29. The molecule has 0 radical (unpaired) electrons. The van der Waals surface area contributed by atoms with Gasteiger partial charge >= 0.3 is 6.18 Å². The molecule has 1 heterocycles. The molecule has 1 fully saturated rings. The first-order valence-electron chi connectivity index (χ1n) is 8.50. The first-order chi connectivity index (χ1) is 11.6. The maximum atomic E-state index is 13.6. The van der Waals surface area contributed by atoms with Gasteiger partial charge in [-0.25, -0.2) is 4.98 Å². The third-order valence-corrected chi connectivity index (χ3v) is 4.66. The van der Waals surface area contributed by atoms with Crippen molar-refractivity contribution in [3.63, 3.8) is 0 Å². The van der Waals surface area contributed by atoms with Crippen LogP contribution in [-0.4, -0.2) is 26.9 Å². The minimum Gasteiger partial charge on any atom is -0.493 e. The molecule has 1 aromatic carbocycles. The molecule has 0 aliphatic heterocycles. The largest absolute Gasteiger partial charge is 0.493 e. The number of halogens is 3. The Labute approximate surface area is 144 Å². The molecule has 0 amide bonds. The van der Waals surface area contributed by atoms with E-state index in [2.05, 4.69) is 4.98 Å². The average Bonchev–Trinajstić information content (AvgIpc) is 2.85. The summed E-state index contributed by atoms with van der Waals surface area (Å²) in [7, 11) is 0. The maximum Gasteiger partial charge on any atom is 0.418 e. The van der Waals surface area contributed by atoms with Gasteiger partial charge in [0.05, 0.1) is 35.1 Å². The number of ether oxygens (including phenoxy) is 1. The van der Waals surface area contributed by atoms with Crippen LogP contribution in [-0.2, 0) is 6.18 Å². The van der Waals surface area contributed by atoms with Crippen LogP contribution in [0.3, 0.4) is 0 Å². The van der Waals surface area contributed by atoms with Crippen molar-refractivity contribution in [1.29, 1.82) is 0 Å². The second kappa shape index (κ2) is 6.20. The number of aromatic nitrogens is 2. The predicted octanol–water partition coefficient (Wildman–Crippen LogP) is 4.57. The van der Waals surface area contributed by atoms with Gasteiger partial charge in [0.1, 0.15) is 5.75 Å². The van der Waals surface area contributed by atoms with Crippen molar-refractivity contribution < 1.29 is 23.0 Å². The molecule has 3 rings (SSSR count).